The molecule has 0 amide bonds. The van der Waals surface area contributed by atoms with Gasteiger partial charge in [0.25, 0.3) is 0 Å². The number of aromatic nitrogens is 4. The molecule has 32 heavy (non-hydrogen) atoms. The van der Waals surface area contributed by atoms with Gasteiger partial charge in [0, 0.05) is 23.8 Å². The van der Waals surface area contributed by atoms with Gasteiger partial charge in [-0.1, -0.05) is 35.9 Å². The summed E-state index contributed by atoms with van der Waals surface area (Å²) in [5.74, 6) is 0.478. The predicted octanol–water partition coefficient (Wildman–Crippen LogP) is 3.43. The number of hydrogen-bond donors (Lipinski definition) is 0. The van der Waals surface area contributed by atoms with E-state index in [0.29, 0.717) is 17.3 Å². The Morgan fingerprint density at radius 1 is 1.06 bits per heavy atom. The number of esters is 1. The van der Waals surface area contributed by atoms with Crippen molar-refractivity contribution in [3.8, 4) is 5.75 Å². The molecule has 0 aliphatic rings. The van der Waals surface area contributed by atoms with E-state index < -0.39 is 5.97 Å². The Morgan fingerprint density at radius 2 is 1.75 bits per heavy atom. The maximum Gasteiger partial charge on any atom is 0.329 e. The second kappa shape index (κ2) is 11.4. The average Bonchev–Trinajstić information content (AvgIpc) is 3.24. The molecule has 0 aliphatic carbocycles. The first kappa shape index (κ1) is 23.4. The number of carbonyl (C=O) groups is 2. The van der Waals surface area contributed by atoms with E-state index >= 15 is 0 Å². The van der Waals surface area contributed by atoms with Crippen molar-refractivity contribution in [3.05, 3.63) is 70.5 Å². The summed E-state index contributed by atoms with van der Waals surface area (Å²) in [6.45, 7) is 1.88. The molecule has 0 spiro atoms. The average molecular weight is 457 g/mol. The van der Waals surface area contributed by atoms with E-state index in [1.165, 1.54) is 4.80 Å². The van der Waals surface area contributed by atoms with Crippen LogP contribution in [0.2, 0.25) is 5.02 Å². The topological polar surface area (TPSA) is 96.2 Å². The zero-order chi connectivity index (χ0) is 22.9. The minimum Gasteiger partial charge on any atom is -0.497 e. The van der Waals surface area contributed by atoms with E-state index in [-0.39, 0.29) is 37.7 Å². The fraction of sp³-hybridized carbons (Fsp3) is 0.348. The van der Waals surface area contributed by atoms with Crippen molar-refractivity contribution in [3.63, 3.8) is 0 Å². The van der Waals surface area contributed by atoms with Gasteiger partial charge < -0.3 is 9.47 Å². The Balaban J connectivity index is 1.75. The SMILES string of the molecule is CCOC(=O)Cn1nnc([C@@H](CC(=O)Cc2ccc(Cl)cc2)Cc2ccc(OC)cc2)n1. The van der Waals surface area contributed by atoms with Crippen LogP contribution in [-0.4, -0.2) is 45.7 Å². The Labute approximate surface area is 191 Å². The Kier molecular flexibility index (Phi) is 8.33. The number of ether oxygens (including phenoxy) is 2. The molecular formula is C23H25ClN4O4. The van der Waals surface area contributed by atoms with E-state index in [1.807, 2.05) is 36.4 Å². The molecule has 2 aromatic carbocycles. The zero-order valence-electron chi connectivity index (χ0n) is 18.0. The molecule has 1 heterocycles. The van der Waals surface area contributed by atoms with Crippen LogP contribution in [0.4, 0.5) is 0 Å². The Bertz CT molecular complexity index is 1030. The predicted molar refractivity (Wildman–Crippen MR) is 119 cm³/mol. The molecule has 9 heteroatoms. The number of methoxy groups -OCH3 is 1. The Morgan fingerprint density at radius 3 is 2.41 bits per heavy atom. The number of nitrogens with zero attached hydrogens (tertiary/aromatic N) is 4. The number of rotatable bonds is 11. The van der Waals surface area contributed by atoms with Crippen molar-refractivity contribution in [1.29, 1.82) is 0 Å². The second-order valence-corrected chi connectivity index (χ2v) is 7.71. The molecule has 1 aromatic heterocycles. The van der Waals surface area contributed by atoms with Gasteiger partial charge >= 0.3 is 5.97 Å². The molecule has 168 valence electrons. The van der Waals surface area contributed by atoms with E-state index in [9.17, 15) is 9.59 Å². The van der Waals surface area contributed by atoms with Gasteiger partial charge in [0.05, 0.1) is 13.7 Å². The summed E-state index contributed by atoms with van der Waals surface area (Å²) in [7, 11) is 1.61. The van der Waals surface area contributed by atoms with Crippen LogP contribution < -0.4 is 4.74 Å². The molecule has 0 fully saturated rings. The number of halogens is 1. The van der Waals surface area contributed by atoms with Crippen LogP contribution in [0.1, 0.15) is 36.2 Å². The summed E-state index contributed by atoms with van der Waals surface area (Å²) < 4.78 is 10.1. The van der Waals surface area contributed by atoms with Crippen molar-refractivity contribution in [2.45, 2.75) is 38.6 Å². The fourth-order valence-corrected chi connectivity index (χ4v) is 3.41. The third kappa shape index (κ3) is 6.88. The van der Waals surface area contributed by atoms with Crippen molar-refractivity contribution in [2.24, 2.45) is 0 Å². The molecule has 3 rings (SSSR count). The van der Waals surface area contributed by atoms with Crippen LogP contribution in [0.15, 0.2) is 48.5 Å². The summed E-state index contributed by atoms with van der Waals surface area (Å²) in [4.78, 5) is 25.7. The highest BCUT2D eigenvalue weighted by Gasteiger charge is 2.22. The van der Waals surface area contributed by atoms with Crippen molar-refractivity contribution >= 4 is 23.4 Å². The van der Waals surface area contributed by atoms with Gasteiger partial charge in [0.15, 0.2) is 12.4 Å². The number of ketones is 1. The first-order valence-electron chi connectivity index (χ1n) is 10.3. The molecule has 3 aromatic rings. The molecule has 0 radical (unpaired) electrons. The zero-order valence-corrected chi connectivity index (χ0v) is 18.8. The standard InChI is InChI=1S/C23H25ClN4O4/c1-3-32-22(30)15-28-26-23(25-27-28)18(12-16-6-10-21(31-2)11-7-16)14-20(29)13-17-4-8-19(24)9-5-17/h4-11,18H,3,12-15H2,1-2H3/t18-/m1/s1. The number of Topliss-reactive ketones (excluding diaryl/α,β-unsaturated/α-hetero) is 1. The molecule has 0 saturated heterocycles. The molecule has 0 aliphatic heterocycles. The molecular weight excluding hydrogens is 432 g/mol. The molecule has 1 atom stereocenters. The van der Waals surface area contributed by atoms with E-state index in [1.54, 1.807) is 26.2 Å². The highest BCUT2D eigenvalue weighted by atomic mass is 35.5. The van der Waals surface area contributed by atoms with Gasteiger partial charge in [0.2, 0.25) is 0 Å². The van der Waals surface area contributed by atoms with E-state index in [0.717, 1.165) is 16.9 Å². The van der Waals surface area contributed by atoms with Gasteiger partial charge in [-0.2, -0.15) is 4.80 Å². The van der Waals surface area contributed by atoms with Gasteiger partial charge in [-0.15, -0.1) is 10.2 Å². The summed E-state index contributed by atoms with van der Waals surface area (Å²) in [5.41, 5.74) is 1.90. The third-order valence-electron chi connectivity index (χ3n) is 4.84. The van der Waals surface area contributed by atoms with Crippen molar-refractivity contribution < 1.29 is 19.1 Å². The van der Waals surface area contributed by atoms with Crippen LogP contribution in [0.25, 0.3) is 0 Å². The van der Waals surface area contributed by atoms with E-state index in [4.69, 9.17) is 21.1 Å². The monoisotopic (exact) mass is 456 g/mol. The number of hydrogen-bond acceptors (Lipinski definition) is 7. The molecule has 0 bridgehead atoms. The van der Waals surface area contributed by atoms with Gasteiger partial charge in [0.1, 0.15) is 11.5 Å². The van der Waals surface area contributed by atoms with Crippen molar-refractivity contribution in [2.75, 3.05) is 13.7 Å². The minimum absolute atomic E-state index is 0.0487. The van der Waals surface area contributed by atoms with Gasteiger partial charge in [-0.05, 0) is 54.0 Å². The lowest BCUT2D eigenvalue weighted by molar-refractivity contribution is -0.144. The molecule has 0 saturated carbocycles. The van der Waals surface area contributed by atoms with Crippen LogP contribution in [0.3, 0.4) is 0 Å². The summed E-state index contributed by atoms with van der Waals surface area (Å²) in [6.07, 6.45) is 1.06. The third-order valence-corrected chi connectivity index (χ3v) is 5.09. The normalized spacial score (nSPS) is 11.7. The molecule has 8 nitrogen and oxygen atoms in total. The molecule has 0 N–H and O–H groups in total. The largest absolute Gasteiger partial charge is 0.497 e. The van der Waals surface area contributed by atoms with E-state index in [2.05, 4.69) is 15.4 Å². The lowest BCUT2D eigenvalue weighted by atomic mass is 9.91. The smallest absolute Gasteiger partial charge is 0.329 e. The molecule has 0 unspecified atom stereocenters. The summed E-state index contributed by atoms with van der Waals surface area (Å²) in [5, 5.41) is 13.0. The van der Waals surface area contributed by atoms with Crippen LogP contribution in [-0.2, 0) is 33.7 Å². The Hall–Kier alpha value is -3.26. The second-order valence-electron chi connectivity index (χ2n) is 7.28. The fourth-order valence-electron chi connectivity index (χ4n) is 3.29. The highest BCUT2D eigenvalue weighted by molar-refractivity contribution is 6.30. The van der Waals surface area contributed by atoms with Gasteiger partial charge in [-0.3, -0.25) is 4.79 Å². The quantitative estimate of drug-likeness (QED) is 0.408. The van der Waals surface area contributed by atoms with Crippen LogP contribution in [0, 0.1) is 0 Å². The number of benzene rings is 2. The first-order chi connectivity index (χ1) is 15.5. The summed E-state index contributed by atoms with van der Waals surface area (Å²) >= 11 is 5.93. The first-order valence-corrected chi connectivity index (χ1v) is 10.7. The van der Waals surface area contributed by atoms with Crippen LogP contribution >= 0.6 is 11.6 Å². The van der Waals surface area contributed by atoms with Crippen molar-refractivity contribution in [1.82, 2.24) is 20.2 Å². The maximum absolute atomic E-state index is 12.8. The summed E-state index contributed by atoms with van der Waals surface area (Å²) in [6, 6.07) is 14.8. The van der Waals surface area contributed by atoms with Gasteiger partial charge in [-0.25, -0.2) is 4.79 Å². The lowest BCUT2D eigenvalue weighted by Gasteiger charge is -2.13. The number of carbonyl (C=O) groups excluding carboxylic acids is 2. The maximum atomic E-state index is 12.8. The highest BCUT2D eigenvalue weighted by Crippen LogP contribution is 2.24. The van der Waals surface area contributed by atoms with Crippen LogP contribution in [0.5, 0.6) is 5.75 Å². The lowest BCUT2D eigenvalue weighted by Crippen LogP contribution is -2.17. The number of tetrazole rings is 1. The minimum atomic E-state index is -0.443.